The molecule has 2 rings (SSSR count). The fourth-order valence-corrected chi connectivity index (χ4v) is 1.71. The molecule has 0 spiro atoms. The van der Waals surface area contributed by atoms with Crippen molar-refractivity contribution in [1.29, 1.82) is 0 Å². The highest BCUT2D eigenvalue weighted by molar-refractivity contribution is 6.31. The Labute approximate surface area is 102 Å². The Morgan fingerprint density at radius 1 is 0.941 bits per heavy atom. The molecule has 88 valence electrons. The lowest BCUT2D eigenvalue weighted by Crippen LogP contribution is -1.99. The third kappa shape index (κ3) is 2.03. The van der Waals surface area contributed by atoms with Gasteiger partial charge in [-0.25, -0.2) is 8.78 Å². The first-order valence-corrected chi connectivity index (χ1v) is 5.17. The lowest BCUT2D eigenvalue weighted by atomic mass is 10.0. The molecule has 2 nitrogen and oxygen atoms in total. The Balaban J connectivity index is 2.69. The largest absolute Gasteiger partial charge is 0.398 e. The zero-order chi connectivity index (χ0) is 12.6. The van der Waals surface area contributed by atoms with Crippen LogP contribution in [0.15, 0.2) is 30.3 Å². The quantitative estimate of drug-likeness (QED) is 0.766. The average Bonchev–Trinajstić information content (AvgIpc) is 2.30. The van der Waals surface area contributed by atoms with Gasteiger partial charge in [0.05, 0.1) is 0 Å². The van der Waals surface area contributed by atoms with E-state index in [1.54, 1.807) is 12.1 Å². The summed E-state index contributed by atoms with van der Waals surface area (Å²) in [6.07, 6.45) is 0. The molecule has 0 aliphatic heterocycles. The third-order valence-electron chi connectivity index (χ3n) is 2.43. The van der Waals surface area contributed by atoms with Gasteiger partial charge in [-0.05, 0) is 30.3 Å². The zero-order valence-electron chi connectivity index (χ0n) is 8.68. The molecule has 0 aliphatic carbocycles. The van der Waals surface area contributed by atoms with Crippen molar-refractivity contribution in [1.82, 2.24) is 0 Å². The fraction of sp³-hybridized carbons (Fsp3) is 0. The molecule has 2 aromatic rings. The summed E-state index contributed by atoms with van der Waals surface area (Å²) < 4.78 is 26.8. The molecule has 0 saturated heterocycles. The minimum absolute atomic E-state index is 0.129. The fourth-order valence-electron chi connectivity index (χ4n) is 1.54. The van der Waals surface area contributed by atoms with E-state index < -0.39 is 17.3 Å². The summed E-state index contributed by atoms with van der Waals surface area (Å²) in [5.74, 6) is -1.63. The first-order valence-electron chi connectivity index (χ1n) is 4.79. The lowest BCUT2D eigenvalue weighted by Gasteiger charge is -2.09. The van der Waals surface area contributed by atoms with Crippen LogP contribution < -0.4 is 11.5 Å². The van der Waals surface area contributed by atoms with Crippen LogP contribution in [0.1, 0.15) is 0 Å². The van der Waals surface area contributed by atoms with Crippen LogP contribution in [-0.2, 0) is 0 Å². The van der Waals surface area contributed by atoms with Crippen molar-refractivity contribution in [3.63, 3.8) is 0 Å². The Hall–Kier alpha value is -1.81. The van der Waals surface area contributed by atoms with Gasteiger partial charge in [0.15, 0.2) is 5.82 Å². The summed E-state index contributed by atoms with van der Waals surface area (Å²) in [4.78, 5) is 0. The molecule has 0 amide bonds. The van der Waals surface area contributed by atoms with E-state index in [4.69, 9.17) is 23.1 Å². The van der Waals surface area contributed by atoms with Gasteiger partial charge in [-0.2, -0.15) is 0 Å². The third-order valence-corrected chi connectivity index (χ3v) is 2.67. The predicted octanol–water partition coefficient (Wildman–Crippen LogP) is 3.45. The van der Waals surface area contributed by atoms with Crippen LogP contribution in [0.3, 0.4) is 0 Å². The number of hydrogen-bond acceptors (Lipinski definition) is 2. The van der Waals surface area contributed by atoms with Gasteiger partial charge >= 0.3 is 0 Å². The average molecular weight is 255 g/mol. The van der Waals surface area contributed by atoms with Crippen LogP contribution in [0, 0.1) is 11.6 Å². The van der Waals surface area contributed by atoms with E-state index >= 15 is 0 Å². The van der Waals surface area contributed by atoms with E-state index in [0.29, 0.717) is 16.3 Å². The van der Waals surface area contributed by atoms with Gasteiger partial charge in [0, 0.05) is 21.8 Å². The summed E-state index contributed by atoms with van der Waals surface area (Å²) >= 11 is 5.81. The lowest BCUT2D eigenvalue weighted by molar-refractivity contribution is 0.594. The number of hydrogen-bond donors (Lipinski definition) is 2. The maximum atomic E-state index is 13.8. The highest BCUT2D eigenvalue weighted by Crippen LogP contribution is 2.33. The Kier molecular flexibility index (Phi) is 2.90. The summed E-state index contributed by atoms with van der Waals surface area (Å²) in [6.45, 7) is 0. The van der Waals surface area contributed by atoms with Crippen molar-refractivity contribution in [3.8, 4) is 11.1 Å². The number of nitrogen functional groups attached to an aromatic ring is 2. The van der Waals surface area contributed by atoms with Crippen LogP contribution in [0.4, 0.5) is 20.2 Å². The Bertz CT molecular complexity index is 585. The minimum atomic E-state index is -0.834. The summed E-state index contributed by atoms with van der Waals surface area (Å²) in [7, 11) is 0. The van der Waals surface area contributed by atoms with Crippen LogP contribution in [0.25, 0.3) is 11.1 Å². The number of rotatable bonds is 1. The first-order chi connectivity index (χ1) is 8.00. The molecule has 0 atom stereocenters. The molecule has 17 heavy (non-hydrogen) atoms. The Morgan fingerprint density at radius 3 is 2.35 bits per heavy atom. The molecule has 0 aromatic heterocycles. The molecule has 0 saturated carbocycles. The standard InChI is InChI=1S/C12H9ClF2N2/c13-6-1-4-10(16)8(5-6)7-2-3-9(14)12(17)11(7)15/h1-5H,16-17H2. The first kappa shape index (κ1) is 11.7. The van der Waals surface area contributed by atoms with Crippen molar-refractivity contribution >= 4 is 23.0 Å². The van der Waals surface area contributed by atoms with Gasteiger partial charge in [0.2, 0.25) is 0 Å². The molecule has 0 fully saturated rings. The van der Waals surface area contributed by atoms with E-state index in [0.717, 1.165) is 6.07 Å². The molecule has 0 bridgehead atoms. The SMILES string of the molecule is Nc1ccc(Cl)cc1-c1ccc(F)c(N)c1F. The maximum Gasteiger partial charge on any atom is 0.156 e. The summed E-state index contributed by atoms with van der Waals surface area (Å²) in [5.41, 5.74) is 11.3. The number of nitrogens with two attached hydrogens (primary N) is 2. The monoisotopic (exact) mass is 254 g/mol. The molecule has 5 heteroatoms. The van der Waals surface area contributed by atoms with Crippen LogP contribution in [-0.4, -0.2) is 0 Å². The van der Waals surface area contributed by atoms with Crippen molar-refractivity contribution in [2.24, 2.45) is 0 Å². The van der Waals surface area contributed by atoms with Gasteiger partial charge < -0.3 is 11.5 Å². The predicted molar refractivity (Wildman–Crippen MR) is 65.6 cm³/mol. The summed E-state index contributed by atoms with van der Waals surface area (Å²) in [6, 6.07) is 7.02. The van der Waals surface area contributed by atoms with E-state index in [1.807, 2.05) is 0 Å². The molecule has 2 aromatic carbocycles. The summed E-state index contributed by atoms with van der Waals surface area (Å²) in [5, 5.41) is 0.413. The molecular weight excluding hydrogens is 246 g/mol. The van der Waals surface area contributed by atoms with Crippen LogP contribution in [0.5, 0.6) is 0 Å². The van der Waals surface area contributed by atoms with Gasteiger partial charge in [0.25, 0.3) is 0 Å². The molecular formula is C12H9ClF2N2. The zero-order valence-corrected chi connectivity index (χ0v) is 9.43. The Morgan fingerprint density at radius 2 is 1.65 bits per heavy atom. The van der Waals surface area contributed by atoms with Crippen LogP contribution >= 0.6 is 11.6 Å². The number of halogens is 3. The maximum absolute atomic E-state index is 13.8. The van der Waals surface area contributed by atoms with E-state index in [-0.39, 0.29) is 5.56 Å². The van der Waals surface area contributed by atoms with Gasteiger partial charge in [0.1, 0.15) is 11.5 Å². The van der Waals surface area contributed by atoms with E-state index in [2.05, 4.69) is 0 Å². The second kappa shape index (κ2) is 4.22. The second-order valence-corrected chi connectivity index (χ2v) is 3.99. The highest BCUT2D eigenvalue weighted by atomic mass is 35.5. The van der Waals surface area contributed by atoms with Crippen molar-refractivity contribution < 1.29 is 8.78 Å². The van der Waals surface area contributed by atoms with E-state index in [1.165, 1.54) is 12.1 Å². The second-order valence-electron chi connectivity index (χ2n) is 3.55. The van der Waals surface area contributed by atoms with Crippen molar-refractivity contribution in [2.75, 3.05) is 11.5 Å². The van der Waals surface area contributed by atoms with E-state index in [9.17, 15) is 8.78 Å². The minimum Gasteiger partial charge on any atom is -0.398 e. The normalized spacial score (nSPS) is 10.5. The molecule has 4 N–H and O–H groups in total. The van der Waals surface area contributed by atoms with Crippen molar-refractivity contribution in [2.45, 2.75) is 0 Å². The van der Waals surface area contributed by atoms with Crippen LogP contribution in [0.2, 0.25) is 5.02 Å². The van der Waals surface area contributed by atoms with Gasteiger partial charge in [-0.15, -0.1) is 0 Å². The number of benzene rings is 2. The molecule has 0 aliphatic rings. The van der Waals surface area contributed by atoms with Crippen molar-refractivity contribution in [3.05, 3.63) is 47.0 Å². The molecule has 0 radical (unpaired) electrons. The number of anilines is 2. The molecule has 0 unspecified atom stereocenters. The van der Waals surface area contributed by atoms with Gasteiger partial charge in [-0.1, -0.05) is 11.6 Å². The topological polar surface area (TPSA) is 52.0 Å². The highest BCUT2D eigenvalue weighted by Gasteiger charge is 2.14. The smallest absolute Gasteiger partial charge is 0.156 e. The molecule has 0 heterocycles. The van der Waals surface area contributed by atoms with Gasteiger partial charge in [-0.3, -0.25) is 0 Å².